The van der Waals surface area contributed by atoms with E-state index in [1.54, 1.807) is 6.92 Å². The summed E-state index contributed by atoms with van der Waals surface area (Å²) in [6.45, 7) is 1.68. The van der Waals surface area contributed by atoms with E-state index in [1.165, 1.54) is 0 Å². The van der Waals surface area contributed by atoms with Crippen LogP contribution in [-0.4, -0.2) is 28.5 Å². The zero-order valence-corrected chi connectivity index (χ0v) is 6.45. The number of carbonyl (C=O) groups is 1. The van der Waals surface area contributed by atoms with Gasteiger partial charge in [0.15, 0.2) is 0 Å². The standard InChI is InChI=1S/C7H13NO3/c1-4(8-7(10)11)6(9)5-2-3-5/h4-6,8-9H,2-3H2,1H3,(H,10,11)/t4-,6-/m0/s1. The first-order chi connectivity index (χ1) is 5.11. The second-order valence-corrected chi connectivity index (χ2v) is 3.07. The van der Waals surface area contributed by atoms with Crippen LogP contribution in [0.1, 0.15) is 19.8 Å². The topological polar surface area (TPSA) is 69.6 Å². The van der Waals surface area contributed by atoms with E-state index in [0.29, 0.717) is 5.92 Å². The highest BCUT2D eigenvalue weighted by molar-refractivity contribution is 5.64. The molecule has 4 heteroatoms. The quantitative estimate of drug-likeness (QED) is 0.558. The van der Waals surface area contributed by atoms with Gasteiger partial charge in [-0.05, 0) is 25.7 Å². The summed E-state index contributed by atoms with van der Waals surface area (Å²) in [5.74, 6) is 0.317. The van der Waals surface area contributed by atoms with Crippen LogP contribution in [0.3, 0.4) is 0 Å². The molecule has 0 aromatic carbocycles. The smallest absolute Gasteiger partial charge is 0.404 e. The van der Waals surface area contributed by atoms with Gasteiger partial charge in [0.2, 0.25) is 0 Å². The second kappa shape index (κ2) is 3.09. The number of amides is 1. The van der Waals surface area contributed by atoms with Crippen molar-refractivity contribution >= 4 is 6.09 Å². The van der Waals surface area contributed by atoms with Gasteiger partial charge in [-0.15, -0.1) is 0 Å². The highest BCUT2D eigenvalue weighted by Crippen LogP contribution is 2.33. The van der Waals surface area contributed by atoms with Crippen LogP contribution in [0.25, 0.3) is 0 Å². The van der Waals surface area contributed by atoms with Gasteiger partial charge in [-0.1, -0.05) is 0 Å². The normalized spacial score (nSPS) is 22.4. The second-order valence-electron chi connectivity index (χ2n) is 3.07. The number of hydrogen-bond acceptors (Lipinski definition) is 2. The molecule has 64 valence electrons. The summed E-state index contributed by atoms with van der Waals surface area (Å²) >= 11 is 0. The molecule has 0 heterocycles. The van der Waals surface area contributed by atoms with Crippen molar-refractivity contribution in [2.75, 3.05) is 0 Å². The van der Waals surface area contributed by atoms with E-state index < -0.39 is 12.2 Å². The molecule has 4 nitrogen and oxygen atoms in total. The van der Waals surface area contributed by atoms with Gasteiger partial charge in [-0.25, -0.2) is 4.79 Å². The molecule has 1 fully saturated rings. The van der Waals surface area contributed by atoms with Crippen LogP contribution in [0, 0.1) is 5.92 Å². The molecule has 3 N–H and O–H groups in total. The Bertz CT molecular complexity index is 156. The van der Waals surface area contributed by atoms with E-state index in [0.717, 1.165) is 12.8 Å². The van der Waals surface area contributed by atoms with Gasteiger partial charge in [0.1, 0.15) is 0 Å². The molecule has 0 aliphatic heterocycles. The van der Waals surface area contributed by atoms with Crippen molar-refractivity contribution in [3.63, 3.8) is 0 Å². The van der Waals surface area contributed by atoms with Crippen LogP contribution >= 0.6 is 0 Å². The molecule has 0 aromatic heterocycles. The van der Waals surface area contributed by atoms with Gasteiger partial charge in [-0.2, -0.15) is 0 Å². The fraction of sp³-hybridized carbons (Fsp3) is 0.857. The molecule has 0 radical (unpaired) electrons. The van der Waals surface area contributed by atoms with Crippen LogP contribution in [-0.2, 0) is 0 Å². The molecule has 11 heavy (non-hydrogen) atoms. The maximum atomic E-state index is 10.1. The minimum atomic E-state index is -1.07. The maximum absolute atomic E-state index is 10.1. The Morgan fingerprint density at radius 1 is 1.64 bits per heavy atom. The molecule has 0 saturated heterocycles. The summed E-state index contributed by atoms with van der Waals surface area (Å²) in [6, 6.07) is -0.347. The monoisotopic (exact) mass is 159 g/mol. The molecule has 1 aliphatic carbocycles. The minimum Gasteiger partial charge on any atom is -0.465 e. The highest BCUT2D eigenvalue weighted by Gasteiger charge is 2.33. The largest absolute Gasteiger partial charge is 0.465 e. The SMILES string of the molecule is C[C@H](NC(=O)O)[C@H](O)C1CC1. The van der Waals surface area contributed by atoms with E-state index in [9.17, 15) is 9.90 Å². The Morgan fingerprint density at radius 2 is 2.18 bits per heavy atom. The molecule has 0 bridgehead atoms. The zero-order chi connectivity index (χ0) is 8.43. The van der Waals surface area contributed by atoms with E-state index in [1.807, 2.05) is 0 Å². The third kappa shape index (κ3) is 2.38. The van der Waals surface area contributed by atoms with Gasteiger partial charge in [0, 0.05) is 0 Å². The van der Waals surface area contributed by atoms with Crippen molar-refractivity contribution in [1.82, 2.24) is 5.32 Å². The summed E-state index contributed by atoms with van der Waals surface area (Å²) < 4.78 is 0. The third-order valence-corrected chi connectivity index (χ3v) is 1.97. The summed E-state index contributed by atoms with van der Waals surface area (Å²) in [5.41, 5.74) is 0. The Kier molecular flexibility index (Phi) is 2.34. The van der Waals surface area contributed by atoms with Gasteiger partial charge >= 0.3 is 6.09 Å². The number of aliphatic hydroxyl groups excluding tert-OH is 1. The lowest BCUT2D eigenvalue weighted by Gasteiger charge is -2.17. The van der Waals surface area contributed by atoms with Gasteiger partial charge in [0.05, 0.1) is 12.1 Å². The van der Waals surface area contributed by atoms with Gasteiger partial charge in [-0.3, -0.25) is 0 Å². The van der Waals surface area contributed by atoms with Gasteiger partial charge < -0.3 is 15.5 Å². The Hall–Kier alpha value is -0.770. The van der Waals surface area contributed by atoms with Crippen LogP contribution in [0.4, 0.5) is 4.79 Å². The predicted octanol–water partition coefficient (Wildman–Crippen LogP) is 0.413. The number of nitrogens with one attached hydrogen (secondary N) is 1. The van der Waals surface area contributed by atoms with E-state index in [-0.39, 0.29) is 6.04 Å². The predicted molar refractivity (Wildman–Crippen MR) is 39.4 cm³/mol. The lowest BCUT2D eigenvalue weighted by molar-refractivity contribution is 0.108. The van der Waals surface area contributed by atoms with Crippen LogP contribution < -0.4 is 5.32 Å². The molecule has 1 amide bonds. The van der Waals surface area contributed by atoms with E-state index in [2.05, 4.69) is 5.32 Å². The minimum absolute atomic E-state index is 0.317. The first-order valence-corrected chi connectivity index (χ1v) is 3.79. The molecule has 0 spiro atoms. The summed E-state index contributed by atoms with van der Waals surface area (Å²) in [6.07, 6.45) is 0.461. The Labute approximate surface area is 65.2 Å². The van der Waals surface area contributed by atoms with Gasteiger partial charge in [0.25, 0.3) is 0 Å². The van der Waals surface area contributed by atoms with Crippen molar-refractivity contribution in [2.45, 2.75) is 31.9 Å². The molecule has 0 aromatic rings. The first-order valence-electron chi connectivity index (χ1n) is 3.79. The number of rotatable bonds is 3. The van der Waals surface area contributed by atoms with E-state index >= 15 is 0 Å². The molecule has 1 aliphatic rings. The summed E-state index contributed by atoms with van der Waals surface area (Å²) in [4.78, 5) is 10.1. The highest BCUT2D eigenvalue weighted by atomic mass is 16.4. The van der Waals surface area contributed by atoms with E-state index in [4.69, 9.17) is 5.11 Å². The molecule has 1 rings (SSSR count). The number of carboxylic acid groups (broad SMARTS) is 1. The number of hydrogen-bond donors (Lipinski definition) is 3. The molecular formula is C7H13NO3. The summed E-state index contributed by atoms with van der Waals surface area (Å²) in [7, 11) is 0. The van der Waals surface area contributed by atoms with Crippen molar-refractivity contribution in [1.29, 1.82) is 0 Å². The molecule has 2 atom stereocenters. The third-order valence-electron chi connectivity index (χ3n) is 1.97. The Morgan fingerprint density at radius 3 is 2.55 bits per heavy atom. The fourth-order valence-electron chi connectivity index (χ4n) is 1.13. The lowest BCUT2D eigenvalue weighted by Crippen LogP contribution is -2.41. The molecular weight excluding hydrogens is 146 g/mol. The Balaban J connectivity index is 2.26. The average Bonchev–Trinajstić information content (AvgIpc) is 2.65. The number of aliphatic hydroxyl groups is 1. The van der Waals surface area contributed by atoms with Crippen molar-refractivity contribution in [3.8, 4) is 0 Å². The molecule has 0 unspecified atom stereocenters. The lowest BCUT2D eigenvalue weighted by atomic mass is 10.1. The van der Waals surface area contributed by atoms with Crippen LogP contribution in [0.5, 0.6) is 0 Å². The average molecular weight is 159 g/mol. The van der Waals surface area contributed by atoms with Crippen molar-refractivity contribution < 1.29 is 15.0 Å². The maximum Gasteiger partial charge on any atom is 0.404 e. The zero-order valence-electron chi connectivity index (χ0n) is 6.45. The summed E-state index contributed by atoms with van der Waals surface area (Å²) in [5, 5.41) is 19.9. The fourth-order valence-corrected chi connectivity index (χ4v) is 1.13. The van der Waals surface area contributed by atoms with Crippen LogP contribution in [0.15, 0.2) is 0 Å². The van der Waals surface area contributed by atoms with Crippen molar-refractivity contribution in [3.05, 3.63) is 0 Å². The van der Waals surface area contributed by atoms with Crippen LogP contribution in [0.2, 0.25) is 0 Å². The van der Waals surface area contributed by atoms with Crippen molar-refractivity contribution in [2.24, 2.45) is 5.92 Å². The first kappa shape index (κ1) is 8.33. The molecule has 1 saturated carbocycles.